The average molecular weight is 281 g/mol. The number of nitrogens with one attached hydrogen (secondary N) is 1. The first-order valence-electron chi connectivity index (χ1n) is 6.57. The van der Waals surface area contributed by atoms with E-state index in [1.807, 2.05) is 16.8 Å². The summed E-state index contributed by atoms with van der Waals surface area (Å²) in [7, 11) is 1.38. The second-order valence-corrected chi connectivity index (χ2v) is 5.77. The number of methoxy groups -OCH3 is 1. The van der Waals surface area contributed by atoms with Crippen LogP contribution in [0, 0.1) is 0 Å². The molecule has 4 nitrogen and oxygen atoms in total. The van der Waals surface area contributed by atoms with Crippen LogP contribution in [-0.2, 0) is 20.7 Å². The van der Waals surface area contributed by atoms with Crippen molar-refractivity contribution in [3.63, 3.8) is 0 Å². The summed E-state index contributed by atoms with van der Waals surface area (Å²) < 4.78 is 4.88. The van der Waals surface area contributed by atoms with Crippen molar-refractivity contribution in [3.05, 3.63) is 22.4 Å². The molecular weight excluding hydrogens is 262 g/mol. The first-order chi connectivity index (χ1) is 9.16. The fourth-order valence-corrected chi connectivity index (χ4v) is 3.29. The van der Waals surface area contributed by atoms with E-state index in [4.69, 9.17) is 4.74 Å². The van der Waals surface area contributed by atoms with Gasteiger partial charge in [-0.1, -0.05) is 19.3 Å². The minimum atomic E-state index is -0.805. The minimum absolute atomic E-state index is 0.106. The topological polar surface area (TPSA) is 55.4 Å². The van der Waals surface area contributed by atoms with Crippen LogP contribution in [0.5, 0.6) is 0 Å². The Morgan fingerprint density at radius 3 is 2.68 bits per heavy atom. The Balaban J connectivity index is 2.03. The zero-order valence-electron chi connectivity index (χ0n) is 11.1. The SMILES string of the molecule is COC(=O)C1(NC(=O)Cc2ccsc2)CCCCC1. The highest BCUT2D eigenvalue weighted by atomic mass is 32.1. The van der Waals surface area contributed by atoms with Crippen LogP contribution in [0.3, 0.4) is 0 Å². The number of rotatable bonds is 4. The molecule has 2 rings (SSSR count). The maximum Gasteiger partial charge on any atom is 0.331 e. The van der Waals surface area contributed by atoms with Crippen molar-refractivity contribution < 1.29 is 14.3 Å². The van der Waals surface area contributed by atoms with Gasteiger partial charge in [0.1, 0.15) is 5.54 Å². The molecular formula is C14H19NO3S. The number of esters is 1. The molecule has 1 aromatic rings. The molecule has 0 aromatic carbocycles. The lowest BCUT2D eigenvalue weighted by molar-refractivity contribution is -0.152. The van der Waals surface area contributed by atoms with Gasteiger partial charge >= 0.3 is 5.97 Å². The zero-order valence-corrected chi connectivity index (χ0v) is 11.9. The third kappa shape index (κ3) is 3.35. The van der Waals surface area contributed by atoms with E-state index in [1.54, 1.807) is 11.3 Å². The van der Waals surface area contributed by atoms with Crippen LogP contribution >= 0.6 is 11.3 Å². The largest absolute Gasteiger partial charge is 0.467 e. The van der Waals surface area contributed by atoms with Gasteiger partial charge in [-0.2, -0.15) is 11.3 Å². The molecule has 1 heterocycles. The third-order valence-electron chi connectivity index (χ3n) is 3.61. The lowest BCUT2D eigenvalue weighted by atomic mass is 9.81. The van der Waals surface area contributed by atoms with E-state index in [1.165, 1.54) is 7.11 Å². The van der Waals surface area contributed by atoms with Gasteiger partial charge in [0.15, 0.2) is 0 Å². The lowest BCUT2D eigenvalue weighted by Crippen LogP contribution is -2.56. The van der Waals surface area contributed by atoms with Gasteiger partial charge in [0.05, 0.1) is 13.5 Å². The lowest BCUT2D eigenvalue weighted by Gasteiger charge is -2.35. The molecule has 0 saturated heterocycles. The summed E-state index contributed by atoms with van der Waals surface area (Å²) in [4.78, 5) is 24.1. The van der Waals surface area contributed by atoms with Crippen LogP contribution in [0.15, 0.2) is 16.8 Å². The van der Waals surface area contributed by atoms with Crippen LogP contribution in [0.4, 0.5) is 0 Å². The Bertz CT molecular complexity index is 436. The van der Waals surface area contributed by atoms with E-state index in [-0.39, 0.29) is 11.9 Å². The van der Waals surface area contributed by atoms with E-state index in [9.17, 15) is 9.59 Å². The molecule has 5 heteroatoms. The Kier molecular flexibility index (Phi) is 4.58. The number of amides is 1. The van der Waals surface area contributed by atoms with E-state index in [0.717, 1.165) is 24.8 Å². The maximum absolute atomic E-state index is 12.1. The summed E-state index contributed by atoms with van der Waals surface area (Å²) in [6.07, 6.45) is 4.69. The first-order valence-corrected chi connectivity index (χ1v) is 7.51. The molecule has 0 spiro atoms. The Morgan fingerprint density at radius 1 is 1.37 bits per heavy atom. The molecule has 0 bridgehead atoms. The van der Waals surface area contributed by atoms with Crippen LogP contribution in [0.2, 0.25) is 0 Å². The molecule has 1 amide bonds. The van der Waals surface area contributed by atoms with Crippen molar-refractivity contribution in [2.45, 2.75) is 44.1 Å². The van der Waals surface area contributed by atoms with Crippen molar-refractivity contribution in [1.29, 1.82) is 0 Å². The first kappa shape index (κ1) is 14.1. The predicted octanol–water partition coefficient (Wildman–Crippen LogP) is 2.28. The summed E-state index contributed by atoms with van der Waals surface area (Å²) in [5.74, 6) is -0.420. The number of hydrogen-bond donors (Lipinski definition) is 1. The molecule has 1 aromatic heterocycles. The monoisotopic (exact) mass is 281 g/mol. The van der Waals surface area contributed by atoms with Crippen LogP contribution < -0.4 is 5.32 Å². The molecule has 1 N–H and O–H groups in total. The predicted molar refractivity (Wildman–Crippen MR) is 74.0 cm³/mol. The quantitative estimate of drug-likeness (QED) is 0.861. The smallest absolute Gasteiger partial charge is 0.331 e. The van der Waals surface area contributed by atoms with Crippen molar-refractivity contribution >= 4 is 23.2 Å². The molecule has 0 aliphatic heterocycles. The maximum atomic E-state index is 12.1. The van der Waals surface area contributed by atoms with Crippen molar-refractivity contribution in [2.75, 3.05) is 7.11 Å². The Morgan fingerprint density at radius 2 is 2.11 bits per heavy atom. The number of thiophene rings is 1. The van der Waals surface area contributed by atoms with E-state index in [0.29, 0.717) is 19.3 Å². The number of carbonyl (C=O) groups excluding carboxylic acids is 2. The highest BCUT2D eigenvalue weighted by molar-refractivity contribution is 7.07. The number of hydrogen-bond acceptors (Lipinski definition) is 4. The van der Waals surface area contributed by atoms with Gasteiger partial charge in [-0.3, -0.25) is 4.79 Å². The van der Waals surface area contributed by atoms with Crippen LogP contribution in [-0.4, -0.2) is 24.5 Å². The standard InChI is InChI=1S/C14H19NO3S/c1-18-13(17)14(6-3-2-4-7-14)15-12(16)9-11-5-8-19-10-11/h5,8,10H,2-4,6-7,9H2,1H3,(H,15,16). The second kappa shape index (κ2) is 6.19. The summed E-state index contributed by atoms with van der Waals surface area (Å²) in [6, 6.07) is 1.93. The average Bonchev–Trinajstić information content (AvgIpc) is 2.91. The molecule has 0 atom stereocenters. The molecule has 0 unspecified atom stereocenters. The fraction of sp³-hybridized carbons (Fsp3) is 0.571. The molecule has 1 aliphatic rings. The van der Waals surface area contributed by atoms with Gasteiger partial charge < -0.3 is 10.1 Å². The summed E-state index contributed by atoms with van der Waals surface area (Å²) in [5, 5.41) is 6.81. The highest BCUT2D eigenvalue weighted by Gasteiger charge is 2.41. The van der Waals surface area contributed by atoms with Gasteiger partial charge in [0.25, 0.3) is 0 Å². The van der Waals surface area contributed by atoms with Gasteiger partial charge in [-0.05, 0) is 35.2 Å². The summed E-state index contributed by atoms with van der Waals surface area (Å²) in [6.45, 7) is 0. The summed E-state index contributed by atoms with van der Waals surface area (Å²) >= 11 is 1.57. The van der Waals surface area contributed by atoms with Gasteiger partial charge in [-0.25, -0.2) is 4.79 Å². The molecule has 1 fully saturated rings. The van der Waals surface area contributed by atoms with E-state index < -0.39 is 5.54 Å². The summed E-state index contributed by atoms with van der Waals surface area (Å²) in [5.41, 5.74) is 0.179. The Hall–Kier alpha value is -1.36. The molecule has 0 radical (unpaired) electrons. The van der Waals surface area contributed by atoms with Crippen molar-refractivity contribution in [3.8, 4) is 0 Å². The van der Waals surface area contributed by atoms with Gasteiger partial charge in [0.2, 0.25) is 5.91 Å². The number of carbonyl (C=O) groups is 2. The zero-order chi connectivity index (χ0) is 13.7. The molecule has 1 saturated carbocycles. The van der Waals surface area contributed by atoms with Crippen molar-refractivity contribution in [2.24, 2.45) is 0 Å². The Labute approximate surface area is 117 Å². The molecule has 19 heavy (non-hydrogen) atoms. The van der Waals surface area contributed by atoms with Crippen molar-refractivity contribution in [1.82, 2.24) is 5.32 Å². The van der Waals surface area contributed by atoms with Gasteiger partial charge in [0, 0.05) is 0 Å². The minimum Gasteiger partial charge on any atom is -0.467 e. The normalized spacial score (nSPS) is 17.7. The molecule has 1 aliphatic carbocycles. The molecule has 104 valence electrons. The van der Waals surface area contributed by atoms with Gasteiger partial charge in [-0.15, -0.1) is 0 Å². The van der Waals surface area contributed by atoms with Crippen LogP contribution in [0.1, 0.15) is 37.7 Å². The highest BCUT2D eigenvalue weighted by Crippen LogP contribution is 2.29. The number of ether oxygens (including phenoxy) is 1. The van der Waals surface area contributed by atoms with E-state index in [2.05, 4.69) is 5.32 Å². The fourth-order valence-electron chi connectivity index (χ4n) is 2.62. The van der Waals surface area contributed by atoms with Crippen LogP contribution in [0.25, 0.3) is 0 Å². The third-order valence-corrected chi connectivity index (χ3v) is 4.34. The van der Waals surface area contributed by atoms with E-state index >= 15 is 0 Å². The second-order valence-electron chi connectivity index (χ2n) is 4.99.